The van der Waals surface area contributed by atoms with Crippen molar-refractivity contribution in [3.05, 3.63) is 73.4 Å². The zero-order valence-electron chi connectivity index (χ0n) is 22.5. The molecule has 0 unspecified atom stereocenters. The molecule has 3 aromatic heterocycles. The lowest BCUT2D eigenvalue weighted by molar-refractivity contribution is -0.147. The Morgan fingerprint density at radius 1 is 1.17 bits per heavy atom. The van der Waals surface area contributed by atoms with Crippen molar-refractivity contribution in [3.8, 4) is 16.9 Å². The molecule has 5 rings (SSSR count). The summed E-state index contributed by atoms with van der Waals surface area (Å²) in [5, 5.41) is 2.18. The predicted octanol–water partition coefficient (Wildman–Crippen LogP) is 5.58. The number of pyridine rings is 1. The maximum atomic E-state index is 13.3. The van der Waals surface area contributed by atoms with E-state index in [9.17, 15) is 22.8 Å². The molecule has 0 saturated carbocycles. The molecule has 1 aromatic carbocycles. The van der Waals surface area contributed by atoms with E-state index in [1.807, 2.05) is 13.0 Å². The van der Waals surface area contributed by atoms with Crippen LogP contribution >= 0.6 is 22.9 Å². The summed E-state index contributed by atoms with van der Waals surface area (Å²) in [4.78, 5) is 35.8. The lowest BCUT2D eigenvalue weighted by Crippen LogP contribution is -2.42. The molecule has 0 aliphatic carbocycles. The van der Waals surface area contributed by atoms with Gasteiger partial charge in [0.05, 0.1) is 47.2 Å². The van der Waals surface area contributed by atoms with Gasteiger partial charge in [0.1, 0.15) is 18.2 Å². The molecule has 0 fully saturated rings. The molecule has 0 amide bonds. The Bertz CT molecular complexity index is 1700. The fourth-order valence-electron chi connectivity index (χ4n) is 5.02. The van der Waals surface area contributed by atoms with E-state index >= 15 is 0 Å². The average molecular weight is 607 g/mol. The monoisotopic (exact) mass is 606 g/mol. The summed E-state index contributed by atoms with van der Waals surface area (Å²) < 4.78 is 52.1. The number of rotatable bonds is 7. The van der Waals surface area contributed by atoms with Crippen molar-refractivity contribution in [2.45, 2.75) is 39.5 Å². The maximum Gasteiger partial charge on any atom is 0.401 e. The van der Waals surface area contributed by atoms with E-state index in [1.165, 1.54) is 27.9 Å². The van der Waals surface area contributed by atoms with Gasteiger partial charge in [0.2, 0.25) is 0 Å². The molecule has 216 valence electrons. The van der Waals surface area contributed by atoms with Crippen LogP contribution in [-0.2, 0) is 24.2 Å². The van der Waals surface area contributed by atoms with Crippen LogP contribution in [0.4, 0.5) is 13.2 Å². The Balaban J connectivity index is 1.42. The van der Waals surface area contributed by atoms with Crippen molar-refractivity contribution in [1.29, 1.82) is 0 Å². The Hall–Kier alpha value is -3.48. The highest BCUT2D eigenvalue weighted by molar-refractivity contribution is 7.18. The summed E-state index contributed by atoms with van der Waals surface area (Å²) in [6, 6.07) is 7.06. The molecular weight excluding hydrogens is 581 g/mol. The molecule has 4 heterocycles. The Morgan fingerprint density at radius 2 is 1.95 bits per heavy atom. The molecule has 0 saturated heterocycles. The van der Waals surface area contributed by atoms with Gasteiger partial charge in [-0.1, -0.05) is 11.6 Å². The number of carbonyl (C=O) groups excluding carboxylic acids is 1. The molecule has 1 aliphatic heterocycles. The van der Waals surface area contributed by atoms with Gasteiger partial charge in [-0.05, 0) is 38.1 Å². The first kappa shape index (κ1) is 29.0. The molecule has 41 heavy (non-hydrogen) atoms. The van der Waals surface area contributed by atoms with Crippen molar-refractivity contribution < 1.29 is 27.4 Å². The lowest BCUT2D eigenvalue weighted by atomic mass is 10.0. The fraction of sp³-hybridized carbons (Fsp3) is 0.357. The minimum absolute atomic E-state index is 0.0904. The second-order valence-electron chi connectivity index (χ2n) is 9.74. The maximum absolute atomic E-state index is 13.3. The molecular formula is C28H26ClF3N4O4S. The number of fused-ring (bicyclic) bond motifs is 2. The minimum atomic E-state index is -4.35. The third-order valence-electron chi connectivity index (χ3n) is 6.85. The van der Waals surface area contributed by atoms with E-state index < -0.39 is 18.7 Å². The number of hydrogen-bond donors (Lipinski definition) is 0. The van der Waals surface area contributed by atoms with Gasteiger partial charge in [0, 0.05) is 46.7 Å². The highest BCUT2D eigenvalue weighted by Gasteiger charge is 2.33. The third-order valence-corrected chi connectivity index (χ3v) is 8.09. The van der Waals surface area contributed by atoms with Gasteiger partial charge < -0.3 is 9.47 Å². The van der Waals surface area contributed by atoms with Crippen LogP contribution in [0.3, 0.4) is 0 Å². The number of alkyl halides is 3. The number of hydrogen-bond acceptors (Lipinski definition) is 8. The van der Waals surface area contributed by atoms with Crippen molar-refractivity contribution in [1.82, 2.24) is 19.4 Å². The third kappa shape index (κ3) is 6.09. The van der Waals surface area contributed by atoms with Crippen LogP contribution in [-0.4, -0.2) is 58.4 Å². The normalized spacial score (nSPS) is 13.8. The average Bonchev–Trinajstić information content (AvgIpc) is 3.33. The Kier molecular flexibility index (Phi) is 8.09. The highest BCUT2D eigenvalue weighted by Crippen LogP contribution is 2.40. The van der Waals surface area contributed by atoms with Crippen LogP contribution in [0.1, 0.15) is 33.1 Å². The van der Waals surface area contributed by atoms with E-state index in [0.717, 1.165) is 10.3 Å². The first-order valence-corrected chi connectivity index (χ1v) is 14.0. The van der Waals surface area contributed by atoms with E-state index in [1.54, 1.807) is 30.5 Å². The lowest BCUT2D eigenvalue weighted by Gasteiger charge is -2.29. The van der Waals surface area contributed by atoms with Crippen molar-refractivity contribution in [2.24, 2.45) is 0 Å². The number of thiophene rings is 1. The fourth-order valence-corrected chi connectivity index (χ4v) is 6.20. The number of methoxy groups -OCH3 is 1. The van der Waals surface area contributed by atoms with Crippen LogP contribution in [0.15, 0.2) is 34.4 Å². The Labute approximate surface area is 242 Å². The van der Waals surface area contributed by atoms with Crippen molar-refractivity contribution >= 4 is 39.1 Å². The van der Waals surface area contributed by atoms with E-state index in [2.05, 4.69) is 9.97 Å². The number of halogens is 4. The molecule has 4 aromatic rings. The topological polar surface area (TPSA) is 86.5 Å². The number of ether oxygens (including phenoxy) is 2. The first-order valence-electron chi connectivity index (χ1n) is 12.7. The van der Waals surface area contributed by atoms with E-state index in [0.29, 0.717) is 44.6 Å². The van der Waals surface area contributed by atoms with Gasteiger partial charge in [0.15, 0.2) is 0 Å². The predicted molar refractivity (Wildman–Crippen MR) is 150 cm³/mol. The van der Waals surface area contributed by atoms with Gasteiger partial charge in [-0.3, -0.25) is 19.2 Å². The van der Waals surface area contributed by atoms with Gasteiger partial charge in [0.25, 0.3) is 5.56 Å². The zero-order chi connectivity index (χ0) is 29.5. The molecule has 0 radical (unpaired) electrons. The molecule has 0 atom stereocenters. The van der Waals surface area contributed by atoms with E-state index in [4.69, 9.17) is 21.1 Å². The summed E-state index contributed by atoms with van der Waals surface area (Å²) in [5.41, 5.74) is 3.49. The largest absolute Gasteiger partial charge is 0.491 e. The zero-order valence-corrected chi connectivity index (χ0v) is 24.0. The van der Waals surface area contributed by atoms with Crippen LogP contribution in [0.5, 0.6) is 5.75 Å². The second-order valence-corrected chi connectivity index (χ2v) is 11.1. The first-order chi connectivity index (χ1) is 19.4. The quantitative estimate of drug-likeness (QED) is 0.254. The van der Waals surface area contributed by atoms with Crippen LogP contribution in [0.2, 0.25) is 5.02 Å². The summed E-state index contributed by atoms with van der Waals surface area (Å²) in [6.07, 6.45) is -4.06. The summed E-state index contributed by atoms with van der Waals surface area (Å²) >= 11 is 7.71. The highest BCUT2D eigenvalue weighted by atomic mass is 35.5. The van der Waals surface area contributed by atoms with Crippen LogP contribution in [0.25, 0.3) is 21.3 Å². The number of aryl methyl sites for hydroxylation is 2. The standard InChI is InChI=1S/C28H26ClF3N4O4S/c1-15-10-19(25-24(33-15)21(13-41-25)27(38)39-3)18-11-17(29)4-5-23(18)40-9-8-36-16(2)34-22-6-7-35(14-28(30,31)32)12-20(22)26(36)37/h4-5,10-11,13H,6-9,12,14H2,1-3H3. The van der Waals surface area contributed by atoms with Crippen LogP contribution in [0, 0.1) is 13.8 Å². The SMILES string of the molecule is COC(=O)c1csc2c(-c3cc(Cl)ccc3OCCn3c(C)nc4c(c3=O)CN(CC(F)(F)F)CC4)cc(C)nc12. The Morgan fingerprint density at radius 3 is 2.68 bits per heavy atom. The minimum Gasteiger partial charge on any atom is -0.491 e. The number of nitrogens with zero attached hydrogens (tertiary/aromatic N) is 4. The van der Waals surface area contributed by atoms with Crippen LogP contribution < -0.4 is 10.3 Å². The molecule has 8 nitrogen and oxygen atoms in total. The van der Waals surface area contributed by atoms with E-state index in [-0.39, 0.29) is 43.8 Å². The summed E-state index contributed by atoms with van der Waals surface area (Å²) in [5.74, 6) is 0.490. The number of esters is 1. The molecule has 13 heteroatoms. The molecule has 0 spiro atoms. The summed E-state index contributed by atoms with van der Waals surface area (Å²) in [6.45, 7) is 2.77. The van der Waals surface area contributed by atoms with Crippen molar-refractivity contribution in [2.75, 3.05) is 26.8 Å². The molecule has 0 bridgehead atoms. The van der Waals surface area contributed by atoms with Crippen molar-refractivity contribution in [3.63, 3.8) is 0 Å². The van der Waals surface area contributed by atoms with Gasteiger partial charge in [-0.2, -0.15) is 13.2 Å². The smallest absolute Gasteiger partial charge is 0.401 e. The van der Waals surface area contributed by atoms with Gasteiger partial charge in [-0.25, -0.2) is 9.78 Å². The number of benzene rings is 1. The molecule has 0 N–H and O–H groups in total. The van der Waals surface area contributed by atoms with Gasteiger partial charge in [-0.15, -0.1) is 11.3 Å². The molecule has 1 aliphatic rings. The summed E-state index contributed by atoms with van der Waals surface area (Å²) in [7, 11) is 1.31. The van der Waals surface area contributed by atoms with Gasteiger partial charge >= 0.3 is 12.1 Å². The second kappa shape index (κ2) is 11.4. The number of aromatic nitrogens is 3. The number of carbonyl (C=O) groups is 1.